The van der Waals surface area contributed by atoms with Crippen LogP contribution >= 0.6 is 11.6 Å². The first kappa shape index (κ1) is 19.6. The number of halogens is 1. The Morgan fingerprint density at radius 1 is 1.07 bits per heavy atom. The number of para-hydroxylation sites is 1. The van der Waals surface area contributed by atoms with Crippen LogP contribution in [0.4, 0.5) is 16.2 Å². The van der Waals surface area contributed by atoms with E-state index in [0.29, 0.717) is 36.0 Å². The van der Waals surface area contributed by atoms with E-state index in [-0.39, 0.29) is 18.0 Å². The number of nitrogens with one attached hydrogen (secondary N) is 1. The van der Waals surface area contributed by atoms with Gasteiger partial charge in [-0.15, -0.1) is 0 Å². The number of rotatable bonds is 4. The van der Waals surface area contributed by atoms with E-state index in [1.807, 2.05) is 48.5 Å². The van der Waals surface area contributed by atoms with E-state index in [2.05, 4.69) is 5.32 Å². The Hall–Kier alpha value is -2.73. The zero-order valence-electron chi connectivity index (χ0n) is 16.1. The molecule has 2 aromatic carbocycles. The topological polar surface area (TPSA) is 61.9 Å². The molecule has 1 N–H and O–H groups in total. The molecule has 0 spiro atoms. The Bertz CT molecular complexity index is 896. The van der Waals surface area contributed by atoms with Gasteiger partial charge in [-0.25, -0.2) is 4.79 Å². The first-order valence-electron chi connectivity index (χ1n) is 9.98. The van der Waals surface area contributed by atoms with Crippen molar-refractivity contribution < 1.29 is 14.3 Å². The SMILES string of the molecule is O=C(Nc1cccc(N2CCCC2=O)c1)N1CCC(Oc2ccccc2Cl)CC1. The number of ether oxygens (including phenoxy) is 1. The number of nitrogens with zero attached hydrogens (tertiary/aromatic N) is 2. The molecule has 2 heterocycles. The number of anilines is 2. The molecule has 7 heteroatoms. The predicted octanol–water partition coefficient (Wildman–Crippen LogP) is 4.54. The van der Waals surface area contributed by atoms with Crippen LogP contribution in [0.3, 0.4) is 0 Å². The minimum absolute atomic E-state index is 0.0449. The van der Waals surface area contributed by atoms with Crippen LogP contribution in [0.2, 0.25) is 5.02 Å². The summed E-state index contributed by atoms with van der Waals surface area (Å²) in [6, 6.07) is 14.8. The Kier molecular flexibility index (Phi) is 5.90. The van der Waals surface area contributed by atoms with Crippen molar-refractivity contribution in [3.05, 3.63) is 53.6 Å². The maximum absolute atomic E-state index is 12.7. The number of urea groups is 1. The predicted molar refractivity (Wildman–Crippen MR) is 114 cm³/mol. The van der Waals surface area contributed by atoms with E-state index in [1.165, 1.54) is 0 Å². The lowest BCUT2D eigenvalue weighted by atomic mass is 10.1. The summed E-state index contributed by atoms with van der Waals surface area (Å²) in [7, 11) is 0. The van der Waals surface area contributed by atoms with Crippen LogP contribution < -0.4 is 15.0 Å². The van der Waals surface area contributed by atoms with Crippen molar-refractivity contribution in [1.82, 2.24) is 4.90 Å². The molecule has 3 amide bonds. The lowest BCUT2D eigenvalue weighted by molar-refractivity contribution is -0.117. The van der Waals surface area contributed by atoms with E-state index < -0.39 is 0 Å². The number of carbonyl (C=O) groups excluding carboxylic acids is 2. The van der Waals surface area contributed by atoms with Crippen molar-refractivity contribution in [3.63, 3.8) is 0 Å². The lowest BCUT2D eigenvalue weighted by Gasteiger charge is -2.32. The van der Waals surface area contributed by atoms with Gasteiger partial charge < -0.3 is 19.9 Å². The van der Waals surface area contributed by atoms with Gasteiger partial charge in [0.05, 0.1) is 5.02 Å². The van der Waals surface area contributed by atoms with Crippen molar-refractivity contribution in [2.24, 2.45) is 0 Å². The third kappa shape index (κ3) is 4.65. The number of piperidine rings is 1. The molecule has 0 bridgehead atoms. The monoisotopic (exact) mass is 413 g/mol. The summed E-state index contributed by atoms with van der Waals surface area (Å²) in [5, 5.41) is 3.55. The number of amides is 3. The second kappa shape index (κ2) is 8.74. The van der Waals surface area contributed by atoms with E-state index in [4.69, 9.17) is 16.3 Å². The minimum Gasteiger partial charge on any atom is -0.489 e. The fraction of sp³-hybridized carbons (Fsp3) is 0.364. The van der Waals surface area contributed by atoms with Crippen LogP contribution in [0.5, 0.6) is 5.75 Å². The second-order valence-corrected chi connectivity index (χ2v) is 7.77. The van der Waals surface area contributed by atoms with Crippen LogP contribution in [-0.2, 0) is 4.79 Å². The molecule has 0 radical (unpaired) electrons. The number of hydrogen-bond acceptors (Lipinski definition) is 3. The van der Waals surface area contributed by atoms with Gasteiger partial charge in [-0.2, -0.15) is 0 Å². The van der Waals surface area contributed by atoms with E-state index in [0.717, 1.165) is 31.5 Å². The zero-order chi connectivity index (χ0) is 20.2. The smallest absolute Gasteiger partial charge is 0.321 e. The molecule has 2 aliphatic rings. The van der Waals surface area contributed by atoms with Crippen LogP contribution in [-0.4, -0.2) is 42.6 Å². The summed E-state index contributed by atoms with van der Waals surface area (Å²) in [5.41, 5.74) is 1.53. The van der Waals surface area contributed by atoms with Crippen molar-refractivity contribution in [2.45, 2.75) is 31.8 Å². The number of benzene rings is 2. The van der Waals surface area contributed by atoms with E-state index >= 15 is 0 Å². The molecular weight excluding hydrogens is 390 g/mol. The Morgan fingerprint density at radius 3 is 2.59 bits per heavy atom. The van der Waals surface area contributed by atoms with Crippen LogP contribution in [0.1, 0.15) is 25.7 Å². The average molecular weight is 414 g/mol. The van der Waals surface area contributed by atoms with Gasteiger partial charge in [0.15, 0.2) is 0 Å². The van der Waals surface area contributed by atoms with E-state index in [9.17, 15) is 9.59 Å². The lowest BCUT2D eigenvalue weighted by Crippen LogP contribution is -2.43. The molecule has 2 fully saturated rings. The fourth-order valence-electron chi connectivity index (χ4n) is 3.77. The van der Waals surface area contributed by atoms with Crippen molar-refractivity contribution >= 4 is 34.9 Å². The molecule has 0 aliphatic carbocycles. The Balaban J connectivity index is 1.31. The molecule has 6 nitrogen and oxygen atoms in total. The number of carbonyl (C=O) groups is 2. The molecule has 4 rings (SSSR count). The highest BCUT2D eigenvalue weighted by Gasteiger charge is 2.25. The molecule has 2 aromatic rings. The number of likely N-dealkylation sites (tertiary alicyclic amines) is 1. The summed E-state index contributed by atoms with van der Waals surface area (Å²) in [6.45, 7) is 1.96. The van der Waals surface area contributed by atoms with Crippen LogP contribution in [0.25, 0.3) is 0 Å². The molecule has 0 saturated carbocycles. The standard InChI is InChI=1S/C22H24ClN3O3/c23-19-7-1-2-8-20(19)29-18-10-13-25(14-11-18)22(28)24-16-5-3-6-17(15-16)26-12-4-9-21(26)27/h1-3,5-8,15,18H,4,9-14H2,(H,24,28). The quantitative estimate of drug-likeness (QED) is 0.800. The van der Waals surface area contributed by atoms with Gasteiger partial charge in [-0.3, -0.25) is 4.79 Å². The highest BCUT2D eigenvalue weighted by molar-refractivity contribution is 6.32. The van der Waals surface area contributed by atoms with Gasteiger partial charge in [0, 0.05) is 50.3 Å². The first-order chi connectivity index (χ1) is 14.1. The minimum atomic E-state index is -0.133. The summed E-state index contributed by atoms with van der Waals surface area (Å²) in [6.07, 6.45) is 3.01. The third-order valence-corrected chi connectivity index (χ3v) is 5.65. The molecule has 2 saturated heterocycles. The van der Waals surface area contributed by atoms with Crippen molar-refractivity contribution in [1.29, 1.82) is 0 Å². The van der Waals surface area contributed by atoms with Crippen molar-refractivity contribution in [3.8, 4) is 5.75 Å². The molecule has 29 heavy (non-hydrogen) atoms. The summed E-state index contributed by atoms with van der Waals surface area (Å²) >= 11 is 6.16. The second-order valence-electron chi connectivity index (χ2n) is 7.36. The van der Waals surface area contributed by atoms with Crippen LogP contribution in [0.15, 0.2) is 48.5 Å². The van der Waals surface area contributed by atoms with Crippen LogP contribution in [0, 0.1) is 0 Å². The fourth-order valence-corrected chi connectivity index (χ4v) is 3.95. The average Bonchev–Trinajstić information content (AvgIpc) is 3.16. The first-order valence-corrected chi connectivity index (χ1v) is 10.4. The Morgan fingerprint density at radius 2 is 1.86 bits per heavy atom. The van der Waals surface area contributed by atoms with Gasteiger partial charge in [0.25, 0.3) is 0 Å². The Labute approximate surface area is 175 Å². The maximum atomic E-state index is 12.7. The van der Waals surface area contributed by atoms with E-state index in [1.54, 1.807) is 9.80 Å². The summed E-state index contributed by atoms with van der Waals surface area (Å²) in [4.78, 5) is 28.2. The maximum Gasteiger partial charge on any atom is 0.321 e. The normalized spacial score (nSPS) is 17.5. The summed E-state index contributed by atoms with van der Waals surface area (Å²) < 4.78 is 5.99. The molecular formula is C22H24ClN3O3. The van der Waals surface area contributed by atoms with Gasteiger partial charge in [0.2, 0.25) is 5.91 Å². The van der Waals surface area contributed by atoms with Crippen molar-refractivity contribution in [2.75, 3.05) is 29.9 Å². The molecule has 0 unspecified atom stereocenters. The largest absolute Gasteiger partial charge is 0.489 e. The highest BCUT2D eigenvalue weighted by atomic mass is 35.5. The summed E-state index contributed by atoms with van der Waals surface area (Å²) in [5.74, 6) is 0.819. The zero-order valence-corrected chi connectivity index (χ0v) is 16.9. The third-order valence-electron chi connectivity index (χ3n) is 5.34. The van der Waals surface area contributed by atoms with Gasteiger partial charge in [-0.1, -0.05) is 29.8 Å². The molecule has 0 aromatic heterocycles. The molecule has 2 aliphatic heterocycles. The van der Waals surface area contributed by atoms with Gasteiger partial charge in [-0.05, 0) is 36.8 Å². The highest BCUT2D eigenvalue weighted by Crippen LogP contribution is 2.27. The van der Waals surface area contributed by atoms with Gasteiger partial charge >= 0.3 is 6.03 Å². The molecule has 152 valence electrons. The van der Waals surface area contributed by atoms with Gasteiger partial charge in [0.1, 0.15) is 11.9 Å². The number of hydrogen-bond donors (Lipinski definition) is 1. The molecule has 0 atom stereocenters.